The molecule has 0 aliphatic carbocycles. The van der Waals surface area contributed by atoms with Crippen LogP contribution in [0, 0.1) is 0 Å². The van der Waals surface area contributed by atoms with E-state index >= 15 is 0 Å². The Bertz CT molecular complexity index is 1200. The Hall–Kier alpha value is -3.73. The number of H-pyrrole nitrogens is 1. The molecule has 30 heavy (non-hydrogen) atoms. The minimum Gasteiger partial charge on any atom is -0.497 e. The molecule has 5 rings (SSSR count). The van der Waals surface area contributed by atoms with Crippen LogP contribution in [-0.4, -0.2) is 29.4 Å². The molecule has 1 amide bonds. The molecule has 0 saturated heterocycles. The van der Waals surface area contributed by atoms with Gasteiger partial charge < -0.3 is 19.9 Å². The smallest absolute Gasteiger partial charge is 0.257 e. The molecule has 2 N–H and O–H groups in total. The Balaban J connectivity index is 1.47. The largest absolute Gasteiger partial charge is 0.497 e. The van der Waals surface area contributed by atoms with Crippen molar-refractivity contribution in [3.05, 3.63) is 95.7 Å². The lowest BCUT2D eigenvalue weighted by Crippen LogP contribution is -2.43. The van der Waals surface area contributed by atoms with Gasteiger partial charge in [0.25, 0.3) is 5.91 Å². The molecular weight excluding hydrogens is 374 g/mol. The fourth-order valence-corrected chi connectivity index (χ4v) is 4.15. The van der Waals surface area contributed by atoms with E-state index in [-0.39, 0.29) is 12.1 Å². The summed E-state index contributed by atoms with van der Waals surface area (Å²) in [5.41, 5.74) is 4.90. The lowest BCUT2D eigenvalue weighted by Gasteiger charge is -2.38. The molecule has 3 aromatic carbocycles. The van der Waals surface area contributed by atoms with E-state index in [2.05, 4.69) is 22.4 Å². The van der Waals surface area contributed by atoms with Crippen LogP contribution >= 0.6 is 0 Å². The minimum absolute atomic E-state index is 0.0515. The van der Waals surface area contributed by atoms with Gasteiger partial charge in [-0.1, -0.05) is 42.5 Å². The van der Waals surface area contributed by atoms with E-state index in [0.29, 0.717) is 12.1 Å². The molecule has 1 atom stereocenters. The number of amides is 1. The Labute approximate surface area is 175 Å². The van der Waals surface area contributed by atoms with E-state index in [1.54, 1.807) is 7.11 Å². The number of rotatable bonds is 5. The Morgan fingerprint density at radius 3 is 2.63 bits per heavy atom. The molecule has 5 heteroatoms. The lowest BCUT2D eigenvalue weighted by molar-refractivity contribution is 0.0685. The average Bonchev–Trinajstić information content (AvgIpc) is 3.21. The summed E-state index contributed by atoms with van der Waals surface area (Å²) in [6, 6.07) is 23.8. The third kappa shape index (κ3) is 3.18. The quantitative estimate of drug-likeness (QED) is 0.499. The SMILES string of the molecule is COc1ccc2[nH]cc(CCN3C(=O)c4ccccc4NC3c3ccccc3)c2c1. The van der Waals surface area contributed by atoms with E-state index in [9.17, 15) is 4.79 Å². The van der Waals surface area contributed by atoms with Crippen LogP contribution in [-0.2, 0) is 6.42 Å². The third-order valence-electron chi connectivity index (χ3n) is 5.73. The van der Waals surface area contributed by atoms with Gasteiger partial charge in [0.05, 0.1) is 12.7 Å². The maximum Gasteiger partial charge on any atom is 0.257 e. The number of nitrogens with zero attached hydrogens (tertiary/aromatic N) is 1. The number of carbonyl (C=O) groups is 1. The number of benzene rings is 3. The van der Waals surface area contributed by atoms with Crippen LogP contribution in [0.3, 0.4) is 0 Å². The first-order valence-electron chi connectivity index (χ1n) is 10.1. The van der Waals surface area contributed by atoms with Gasteiger partial charge in [-0.25, -0.2) is 0 Å². The number of anilines is 1. The highest BCUT2D eigenvalue weighted by atomic mass is 16.5. The van der Waals surface area contributed by atoms with Crippen LogP contribution in [0.25, 0.3) is 10.9 Å². The summed E-state index contributed by atoms with van der Waals surface area (Å²) < 4.78 is 5.38. The van der Waals surface area contributed by atoms with E-state index in [4.69, 9.17) is 4.74 Å². The highest BCUT2D eigenvalue weighted by Gasteiger charge is 2.32. The van der Waals surface area contributed by atoms with Crippen molar-refractivity contribution in [3.8, 4) is 5.75 Å². The van der Waals surface area contributed by atoms with Gasteiger partial charge in [-0.05, 0) is 47.9 Å². The van der Waals surface area contributed by atoms with E-state index in [1.807, 2.05) is 71.8 Å². The van der Waals surface area contributed by atoms with Gasteiger partial charge in [0.1, 0.15) is 11.9 Å². The van der Waals surface area contributed by atoms with Crippen molar-refractivity contribution in [2.45, 2.75) is 12.6 Å². The first-order valence-corrected chi connectivity index (χ1v) is 10.1. The number of fused-ring (bicyclic) bond motifs is 2. The molecule has 0 saturated carbocycles. The molecule has 0 radical (unpaired) electrons. The van der Waals surface area contributed by atoms with Crippen LogP contribution in [0.1, 0.15) is 27.7 Å². The predicted octanol–water partition coefficient (Wildman–Crippen LogP) is 4.99. The van der Waals surface area contributed by atoms with Gasteiger partial charge in [0.15, 0.2) is 0 Å². The van der Waals surface area contributed by atoms with Gasteiger partial charge in [-0.15, -0.1) is 0 Å². The van der Waals surface area contributed by atoms with Gasteiger partial charge in [-0.3, -0.25) is 4.79 Å². The fourth-order valence-electron chi connectivity index (χ4n) is 4.15. The maximum absolute atomic E-state index is 13.4. The minimum atomic E-state index is -0.201. The van der Waals surface area contributed by atoms with Gasteiger partial charge in [0.2, 0.25) is 0 Å². The highest BCUT2D eigenvalue weighted by Crippen LogP contribution is 2.33. The average molecular weight is 397 g/mol. The summed E-state index contributed by atoms with van der Waals surface area (Å²) in [6.07, 6.45) is 2.57. The van der Waals surface area contributed by atoms with Crippen LogP contribution in [0.15, 0.2) is 79.0 Å². The van der Waals surface area contributed by atoms with Crippen LogP contribution in [0.4, 0.5) is 5.69 Å². The molecule has 0 fully saturated rings. The van der Waals surface area contributed by atoms with Crippen LogP contribution in [0.2, 0.25) is 0 Å². The van der Waals surface area contributed by atoms with Crippen molar-refractivity contribution < 1.29 is 9.53 Å². The number of para-hydroxylation sites is 1. The number of carbonyl (C=O) groups excluding carboxylic acids is 1. The van der Waals surface area contributed by atoms with E-state index < -0.39 is 0 Å². The number of ether oxygens (including phenoxy) is 1. The van der Waals surface area contributed by atoms with E-state index in [1.165, 1.54) is 5.56 Å². The second-order valence-corrected chi connectivity index (χ2v) is 7.48. The van der Waals surface area contributed by atoms with Crippen LogP contribution < -0.4 is 10.1 Å². The summed E-state index contributed by atoms with van der Waals surface area (Å²) in [4.78, 5) is 18.6. The van der Waals surface area contributed by atoms with E-state index in [0.717, 1.165) is 34.3 Å². The summed E-state index contributed by atoms with van der Waals surface area (Å²) in [5, 5.41) is 4.68. The number of hydrogen-bond donors (Lipinski definition) is 2. The summed E-state index contributed by atoms with van der Waals surface area (Å²) in [7, 11) is 1.67. The first kappa shape index (κ1) is 18.3. The molecule has 5 nitrogen and oxygen atoms in total. The van der Waals surface area contributed by atoms with Crippen molar-refractivity contribution in [1.82, 2.24) is 9.88 Å². The predicted molar refractivity (Wildman–Crippen MR) is 119 cm³/mol. The fraction of sp³-hybridized carbons (Fsp3) is 0.160. The highest BCUT2D eigenvalue weighted by molar-refractivity contribution is 6.01. The van der Waals surface area contributed by atoms with Crippen molar-refractivity contribution in [1.29, 1.82) is 0 Å². The van der Waals surface area contributed by atoms with Crippen molar-refractivity contribution in [2.75, 3.05) is 19.0 Å². The standard InChI is InChI=1S/C25H23N3O2/c1-30-19-11-12-22-21(15-19)18(16-26-22)13-14-28-24(17-7-3-2-4-8-17)27-23-10-6-5-9-20(23)25(28)29/h2-12,15-16,24,26-27H,13-14H2,1H3. The Morgan fingerprint density at radius 2 is 1.80 bits per heavy atom. The molecule has 1 aromatic heterocycles. The molecule has 4 aromatic rings. The molecule has 150 valence electrons. The normalized spacial score (nSPS) is 15.7. The number of aromatic nitrogens is 1. The molecule has 1 aliphatic rings. The van der Waals surface area contributed by atoms with Gasteiger partial charge in [0, 0.05) is 29.3 Å². The topological polar surface area (TPSA) is 57.4 Å². The Morgan fingerprint density at radius 1 is 1.00 bits per heavy atom. The number of hydrogen-bond acceptors (Lipinski definition) is 3. The molecule has 1 unspecified atom stereocenters. The van der Waals surface area contributed by atoms with Crippen molar-refractivity contribution in [3.63, 3.8) is 0 Å². The second-order valence-electron chi connectivity index (χ2n) is 7.48. The number of methoxy groups -OCH3 is 1. The molecular formula is C25H23N3O2. The maximum atomic E-state index is 13.4. The van der Waals surface area contributed by atoms with Gasteiger partial charge in [-0.2, -0.15) is 0 Å². The van der Waals surface area contributed by atoms with Crippen molar-refractivity contribution >= 4 is 22.5 Å². The zero-order valence-corrected chi connectivity index (χ0v) is 16.8. The zero-order valence-electron chi connectivity index (χ0n) is 16.8. The summed E-state index contributed by atoms with van der Waals surface area (Å²) in [6.45, 7) is 0.601. The first-order chi connectivity index (χ1) is 14.7. The molecule has 2 heterocycles. The molecule has 1 aliphatic heterocycles. The summed E-state index contributed by atoms with van der Waals surface area (Å²) >= 11 is 0. The van der Waals surface area contributed by atoms with Gasteiger partial charge >= 0.3 is 0 Å². The van der Waals surface area contributed by atoms with Crippen LogP contribution in [0.5, 0.6) is 5.75 Å². The zero-order chi connectivity index (χ0) is 20.5. The Kier molecular flexibility index (Phi) is 4.64. The third-order valence-corrected chi connectivity index (χ3v) is 5.73. The summed E-state index contributed by atoms with van der Waals surface area (Å²) in [5.74, 6) is 0.880. The molecule has 0 bridgehead atoms. The number of nitrogens with one attached hydrogen (secondary N) is 2. The second kappa shape index (κ2) is 7.59. The molecule has 0 spiro atoms. The monoisotopic (exact) mass is 397 g/mol. The van der Waals surface area contributed by atoms with Crippen molar-refractivity contribution in [2.24, 2.45) is 0 Å². The lowest BCUT2D eigenvalue weighted by atomic mass is 10.0. The number of aromatic amines is 1.